The number of aryl methyl sites for hydroxylation is 1. The van der Waals surface area contributed by atoms with Crippen molar-refractivity contribution in [2.75, 3.05) is 28.6 Å². The number of anilines is 3. The Labute approximate surface area is 212 Å². The molecule has 3 aromatic rings. The lowest BCUT2D eigenvalue weighted by molar-refractivity contribution is 0.0697. The van der Waals surface area contributed by atoms with Gasteiger partial charge in [0.05, 0.1) is 16.9 Å². The number of hydrogen-bond donors (Lipinski definition) is 3. The molecule has 0 aliphatic rings. The summed E-state index contributed by atoms with van der Waals surface area (Å²) in [5.41, 5.74) is 3.87. The first-order chi connectivity index (χ1) is 17.3. The molecule has 3 aromatic carbocycles. The van der Waals surface area contributed by atoms with Crippen molar-refractivity contribution >= 4 is 29.1 Å². The second kappa shape index (κ2) is 12.7. The van der Waals surface area contributed by atoms with Gasteiger partial charge < -0.3 is 20.6 Å². The molecule has 7 heteroatoms. The number of carbonyl (C=O) groups is 2. The van der Waals surface area contributed by atoms with Gasteiger partial charge in [-0.25, -0.2) is 14.0 Å². The first-order valence-electron chi connectivity index (χ1n) is 12.4. The number of unbranched alkanes of at least 4 members (excludes halogenated alkanes) is 2. The summed E-state index contributed by atoms with van der Waals surface area (Å²) in [6.07, 6.45) is 4.05. The summed E-state index contributed by atoms with van der Waals surface area (Å²) in [5, 5.41) is 15.4. The molecular formula is C29H34FN3O3. The van der Waals surface area contributed by atoms with E-state index >= 15 is 0 Å². The maximum Gasteiger partial charge on any atom is 0.336 e. The van der Waals surface area contributed by atoms with Gasteiger partial charge in [-0.2, -0.15) is 0 Å². The Balaban J connectivity index is 2.03. The summed E-state index contributed by atoms with van der Waals surface area (Å²) in [6.45, 7) is 7.88. The Morgan fingerprint density at radius 1 is 0.889 bits per heavy atom. The van der Waals surface area contributed by atoms with E-state index < -0.39 is 17.8 Å². The topological polar surface area (TPSA) is 81.7 Å². The number of nitrogens with one attached hydrogen (secondary N) is 2. The predicted molar refractivity (Wildman–Crippen MR) is 145 cm³/mol. The average molecular weight is 492 g/mol. The molecule has 0 saturated carbocycles. The number of carboxylic acids is 1. The zero-order valence-corrected chi connectivity index (χ0v) is 21.1. The van der Waals surface area contributed by atoms with Crippen LogP contribution in [0.1, 0.15) is 55.5 Å². The maximum absolute atomic E-state index is 14.1. The highest BCUT2D eigenvalue weighted by atomic mass is 19.1. The number of amides is 2. The molecule has 2 amide bonds. The van der Waals surface area contributed by atoms with Gasteiger partial charge in [-0.3, -0.25) is 0 Å². The number of hydrogen-bond acceptors (Lipinski definition) is 3. The third-order valence-electron chi connectivity index (χ3n) is 5.98. The zero-order chi connectivity index (χ0) is 26.1. The van der Waals surface area contributed by atoms with E-state index in [1.807, 2.05) is 37.3 Å². The van der Waals surface area contributed by atoms with Crippen molar-refractivity contribution in [2.45, 2.75) is 46.5 Å². The second-order valence-electron chi connectivity index (χ2n) is 8.87. The SMILES string of the molecule is CCCCN(CCCC)c1ccc(-c2cc(F)ccc2C(=O)O)cc1NC(=O)Nc1ccc(C)cc1. The summed E-state index contributed by atoms with van der Waals surface area (Å²) < 4.78 is 14.1. The fraction of sp³-hybridized carbons (Fsp3) is 0.310. The van der Waals surface area contributed by atoms with E-state index in [1.54, 1.807) is 12.1 Å². The number of rotatable bonds is 11. The molecule has 0 spiro atoms. The Morgan fingerprint density at radius 2 is 1.56 bits per heavy atom. The van der Waals surface area contributed by atoms with Crippen molar-refractivity contribution in [2.24, 2.45) is 0 Å². The van der Waals surface area contributed by atoms with Gasteiger partial charge in [0.1, 0.15) is 5.82 Å². The zero-order valence-electron chi connectivity index (χ0n) is 21.1. The molecule has 0 fully saturated rings. The molecule has 3 rings (SSSR count). The van der Waals surface area contributed by atoms with E-state index in [9.17, 15) is 19.1 Å². The van der Waals surface area contributed by atoms with E-state index in [-0.39, 0.29) is 11.1 Å². The molecule has 0 aliphatic carbocycles. The number of urea groups is 1. The molecule has 0 radical (unpaired) electrons. The minimum atomic E-state index is -1.15. The van der Waals surface area contributed by atoms with Crippen molar-refractivity contribution in [1.82, 2.24) is 0 Å². The molecule has 6 nitrogen and oxygen atoms in total. The van der Waals surface area contributed by atoms with Crippen LogP contribution in [0.5, 0.6) is 0 Å². The van der Waals surface area contributed by atoms with Gasteiger partial charge >= 0.3 is 12.0 Å². The number of nitrogens with zero attached hydrogens (tertiary/aromatic N) is 1. The van der Waals surface area contributed by atoms with E-state index in [4.69, 9.17) is 0 Å². The lowest BCUT2D eigenvalue weighted by Crippen LogP contribution is -2.28. The van der Waals surface area contributed by atoms with E-state index in [0.717, 1.165) is 56.1 Å². The number of benzene rings is 3. The van der Waals surface area contributed by atoms with Crippen molar-refractivity contribution < 1.29 is 19.1 Å². The Bertz CT molecular complexity index is 1190. The van der Waals surface area contributed by atoms with E-state index in [1.165, 1.54) is 12.1 Å². The minimum Gasteiger partial charge on any atom is -0.478 e. The number of carbonyl (C=O) groups excluding carboxylic acids is 1. The van der Waals surface area contributed by atoms with Crippen LogP contribution in [-0.2, 0) is 0 Å². The minimum absolute atomic E-state index is 0.00645. The number of halogens is 1. The van der Waals surface area contributed by atoms with Crippen LogP contribution in [0.2, 0.25) is 0 Å². The third kappa shape index (κ3) is 7.07. The van der Waals surface area contributed by atoms with E-state index in [2.05, 4.69) is 29.4 Å². The maximum atomic E-state index is 14.1. The van der Waals surface area contributed by atoms with Gasteiger partial charge in [-0.15, -0.1) is 0 Å². The molecule has 0 atom stereocenters. The van der Waals surface area contributed by atoms with Crippen LogP contribution in [0.15, 0.2) is 60.7 Å². The molecule has 0 saturated heterocycles. The first kappa shape index (κ1) is 26.7. The molecule has 0 bridgehead atoms. The number of aromatic carboxylic acids is 1. The summed E-state index contributed by atoms with van der Waals surface area (Å²) in [4.78, 5) is 27.0. The Kier molecular flexibility index (Phi) is 9.45. The van der Waals surface area contributed by atoms with Gasteiger partial charge in [0, 0.05) is 18.8 Å². The van der Waals surface area contributed by atoms with Crippen molar-refractivity contribution in [3.8, 4) is 11.1 Å². The highest BCUT2D eigenvalue weighted by molar-refractivity contribution is 6.03. The fourth-order valence-electron chi connectivity index (χ4n) is 3.99. The quantitative estimate of drug-likeness (QED) is 0.259. The third-order valence-corrected chi connectivity index (χ3v) is 5.98. The molecule has 3 N–H and O–H groups in total. The van der Waals surface area contributed by atoms with Crippen molar-refractivity contribution in [3.05, 3.63) is 77.6 Å². The Morgan fingerprint density at radius 3 is 2.17 bits per heavy atom. The Hall–Kier alpha value is -3.87. The second-order valence-corrected chi connectivity index (χ2v) is 8.87. The van der Waals surface area contributed by atoms with Crippen LogP contribution in [0, 0.1) is 12.7 Å². The summed E-state index contributed by atoms with van der Waals surface area (Å²) >= 11 is 0. The molecule has 0 aromatic heterocycles. The monoisotopic (exact) mass is 491 g/mol. The average Bonchev–Trinajstić information content (AvgIpc) is 2.85. The summed E-state index contributed by atoms with van der Waals surface area (Å²) in [7, 11) is 0. The first-order valence-corrected chi connectivity index (χ1v) is 12.4. The summed E-state index contributed by atoms with van der Waals surface area (Å²) in [5.74, 6) is -1.67. The lowest BCUT2D eigenvalue weighted by Gasteiger charge is -2.28. The van der Waals surface area contributed by atoms with Gasteiger partial charge in [0.25, 0.3) is 0 Å². The van der Waals surface area contributed by atoms with Crippen LogP contribution in [0.3, 0.4) is 0 Å². The van der Waals surface area contributed by atoms with E-state index in [0.29, 0.717) is 16.9 Å². The molecule has 0 aliphatic heterocycles. The van der Waals surface area contributed by atoms with Crippen LogP contribution < -0.4 is 15.5 Å². The van der Waals surface area contributed by atoms with Gasteiger partial charge in [0.2, 0.25) is 0 Å². The lowest BCUT2D eigenvalue weighted by atomic mass is 9.98. The normalized spacial score (nSPS) is 10.7. The molecule has 36 heavy (non-hydrogen) atoms. The standard InChI is InChI=1S/C29H34FN3O3/c1-4-6-16-33(17-7-5-2)27-15-10-21(25-19-22(30)11-14-24(25)28(34)35)18-26(27)32-29(36)31-23-12-8-20(3)9-13-23/h8-15,18-19H,4-7,16-17H2,1-3H3,(H,34,35)(H2,31,32,36). The largest absolute Gasteiger partial charge is 0.478 e. The van der Waals surface area contributed by atoms with Crippen LogP contribution >= 0.6 is 0 Å². The smallest absolute Gasteiger partial charge is 0.336 e. The van der Waals surface area contributed by atoms with Crippen molar-refractivity contribution in [1.29, 1.82) is 0 Å². The number of carboxylic acid groups (broad SMARTS) is 1. The molecule has 0 heterocycles. The van der Waals surface area contributed by atoms with Gasteiger partial charge in [-0.1, -0.05) is 50.5 Å². The highest BCUT2D eigenvalue weighted by Crippen LogP contribution is 2.34. The summed E-state index contributed by atoms with van der Waals surface area (Å²) in [6, 6.07) is 16.0. The van der Waals surface area contributed by atoms with Gasteiger partial charge in [0.15, 0.2) is 0 Å². The predicted octanol–water partition coefficient (Wildman–Crippen LogP) is 7.55. The molecule has 0 unspecified atom stereocenters. The molecule has 190 valence electrons. The van der Waals surface area contributed by atoms with Crippen molar-refractivity contribution in [3.63, 3.8) is 0 Å². The molecular weight excluding hydrogens is 457 g/mol. The fourth-order valence-corrected chi connectivity index (χ4v) is 3.99. The van der Waals surface area contributed by atoms with Gasteiger partial charge in [-0.05, 0) is 73.4 Å². The van der Waals surface area contributed by atoms with Crippen LogP contribution in [-0.4, -0.2) is 30.2 Å². The van der Waals surface area contributed by atoms with Crippen LogP contribution in [0.4, 0.5) is 26.2 Å². The highest BCUT2D eigenvalue weighted by Gasteiger charge is 2.18. The van der Waals surface area contributed by atoms with Crippen LogP contribution in [0.25, 0.3) is 11.1 Å².